The van der Waals surface area contributed by atoms with Gasteiger partial charge in [-0.05, 0) is 29.7 Å². The van der Waals surface area contributed by atoms with Gasteiger partial charge < -0.3 is 10.7 Å². The van der Waals surface area contributed by atoms with Crippen molar-refractivity contribution in [2.45, 2.75) is 6.04 Å². The summed E-state index contributed by atoms with van der Waals surface area (Å²) in [6.07, 6.45) is 1.64. The van der Waals surface area contributed by atoms with Crippen LogP contribution in [0.2, 0.25) is 0 Å². The molecule has 0 saturated carbocycles. The monoisotopic (exact) mass is 190 g/mol. The zero-order valence-corrected chi connectivity index (χ0v) is 7.63. The van der Waals surface area contributed by atoms with E-state index in [9.17, 15) is 4.39 Å². The average molecular weight is 190 g/mol. The number of benzene rings is 1. The van der Waals surface area contributed by atoms with E-state index in [1.54, 1.807) is 12.1 Å². The normalized spacial score (nSPS) is 13.0. The number of nitrogens with one attached hydrogen (secondary N) is 1. The number of aromatic amines is 1. The minimum absolute atomic E-state index is 0.231. The second-order valence-electron chi connectivity index (χ2n) is 3.22. The van der Waals surface area contributed by atoms with Gasteiger partial charge in [0.25, 0.3) is 0 Å². The lowest BCUT2D eigenvalue weighted by molar-refractivity contribution is 0.629. The first-order chi connectivity index (χ1) is 6.70. The summed E-state index contributed by atoms with van der Waals surface area (Å²) in [5.41, 5.74) is 7.36. The first-order valence-electron chi connectivity index (χ1n) is 4.37. The van der Waals surface area contributed by atoms with E-state index in [1.807, 2.05) is 6.07 Å². The van der Waals surface area contributed by atoms with E-state index in [0.29, 0.717) is 0 Å². The van der Waals surface area contributed by atoms with Crippen molar-refractivity contribution >= 4 is 10.9 Å². The molecule has 0 aliphatic rings. The molecule has 0 fully saturated rings. The Hall–Kier alpha value is -1.61. The van der Waals surface area contributed by atoms with E-state index >= 15 is 0 Å². The fourth-order valence-electron chi connectivity index (χ4n) is 1.43. The predicted molar refractivity (Wildman–Crippen MR) is 55.4 cm³/mol. The van der Waals surface area contributed by atoms with Gasteiger partial charge in [0.05, 0.1) is 6.04 Å². The summed E-state index contributed by atoms with van der Waals surface area (Å²) in [5.74, 6) is -0.252. The zero-order chi connectivity index (χ0) is 10.1. The summed E-state index contributed by atoms with van der Waals surface area (Å²) in [5, 5.41) is 0.957. The van der Waals surface area contributed by atoms with Crippen LogP contribution in [0, 0.1) is 5.82 Å². The molecule has 1 aromatic heterocycles. The topological polar surface area (TPSA) is 41.8 Å². The standard InChI is InChI=1S/C11H11FN2/c1-2-9(13)11-5-7-3-4-8(12)6-10(7)14-11/h2-6,9,14H,1,13H2/t9-/m1/s1. The lowest BCUT2D eigenvalue weighted by atomic mass is 10.2. The van der Waals surface area contributed by atoms with Gasteiger partial charge in [-0.1, -0.05) is 6.08 Å². The molecule has 1 atom stereocenters. The Labute approximate surface area is 81.2 Å². The molecule has 0 aliphatic heterocycles. The van der Waals surface area contributed by atoms with Crippen LogP contribution in [0.15, 0.2) is 36.9 Å². The Morgan fingerprint density at radius 1 is 1.43 bits per heavy atom. The summed E-state index contributed by atoms with van der Waals surface area (Å²) in [4.78, 5) is 3.05. The lowest BCUT2D eigenvalue weighted by Crippen LogP contribution is -2.06. The molecule has 3 heteroatoms. The summed E-state index contributed by atoms with van der Waals surface area (Å²) in [6.45, 7) is 3.61. The Kier molecular flexibility index (Phi) is 2.09. The van der Waals surface area contributed by atoms with Gasteiger partial charge in [-0.3, -0.25) is 0 Å². The second kappa shape index (κ2) is 3.27. The fourth-order valence-corrected chi connectivity index (χ4v) is 1.43. The summed E-state index contributed by atoms with van der Waals surface area (Å²) >= 11 is 0. The largest absolute Gasteiger partial charge is 0.357 e. The van der Waals surface area contributed by atoms with Crippen molar-refractivity contribution in [2.75, 3.05) is 0 Å². The number of fused-ring (bicyclic) bond motifs is 1. The fraction of sp³-hybridized carbons (Fsp3) is 0.0909. The molecule has 0 unspecified atom stereocenters. The lowest BCUT2D eigenvalue weighted by Gasteiger charge is -2.00. The number of rotatable bonds is 2. The number of nitrogens with two attached hydrogens (primary N) is 1. The molecule has 3 N–H and O–H groups in total. The highest BCUT2D eigenvalue weighted by Gasteiger charge is 2.05. The van der Waals surface area contributed by atoms with E-state index in [4.69, 9.17) is 5.73 Å². The van der Waals surface area contributed by atoms with Crippen LogP contribution in [0.25, 0.3) is 10.9 Å². The van der Waals surface area contributed by atoms with E-state index in [0.717, 1.165) is 16.6 Å². The molecule has 0 spiro atoms. The summed E-state index contributed by atoms with van der Waals surface area (Å²) < 4.78 is 12.9. The highest BCUT2D eigenvalue weighted by atomic mass is 19.1. The number of aromatic nitrogens is 1. The van der Waals surface area contributed by atoms with Crippen molar-refractivity contribution in [3.05, 3.63) is 48.4 Å². The number of hydrogen-bond acceptors (Lipinski definition) is 1. The van der Waals surface area contributed by atoms with Crippen molar-refractivity contribution in [2.24, 2.45) is 5.73 Å². The molecule has 1 heterocycles. The number of halogens is 1. The Bertz CT molecular complexity index is 473. The van der Waals surface area contributed by atoms with Gasteiger partial charge in [-0.2, -0.15) is 0 Å². The molecular formula is C11H11FN2. The van der Waals surface area contributed by atoms with Crippen LogP contribution < -0.4 is 5.73 Å². The van der Waals surface area contributed by atoms with E-state index < -0.39 is 0 Å². The van der Waals surface area contributed by atoms with Crippen LogP contribution in [-0.2, 0) is 0 Å². The van der Waals surface area contributed by atoms with Crippen molar-refractivity contribution in [3.8, 4) is 0 Å². The van der Waals surface area contributed by atoms with Crippen LogP contribution >= 0.6 is 0 Å². The van der Waals surface area contributed by atoms with Gasteiger partial charge in [-0.15, -0.1) is 6.58 Å². The van der Waals surface area contributed by atoms with Crippen LogP contribution in [0.1, 0.15) is 11.7 Å². The van der Waals surface area contributed by atoms with Gasteiger partial charge in [0.15, 0.2) is 0 Å². The Morgan fingerprint density at radius 3 is 2.93 bits per heavy atom. The third kappa shape index (κ3) is 1.42. The third-order valence-electron chi connectivity index (χ3n) is 2.22. The van der Waals surface area contributed by atoms with Crippen LogP contribution in [0.4, 0.5) is 4.39 Å². The van der Waals surface area contributed by atoms with E-state index in [2.05, 4.69) is 11.6 Å². The second-order valence-corrected chi connectivity index (χ2v) is 3.22. The van der Waals surface area contributed by atoms with Crippen LogP contribution in [-0.4, -0.2) is 4.98 Å². The molecule has 0 saturated heterocycles. The molecule has 0 aliphatic carbocycles. The van der Waals surface area contributed by atoms with Gasteiger partial charge >= 0.3 is 0 Å². The van der Waals surface area contributed by atoms with E-state index in [1.165, 1.54) is 12.1 Å². The molecule has 14 heavy (non-hydrogen) atoms. The molecule has 2 aromatic rings. The van der Waals surface area contributed by atoms with Crippen LogP contribution in [0.3, 0.4) is 0 Å². The Balaban J connectivity index is 2.56. The SMILES string of the molecule is C=C[C@@H](N)c1cc2ccc(F)cc2[nH]1. The quantitative estimate of drug-likeness (QED) is 0.702. The molecular weight excluding hydrogens is 179 g/mol. The minimum atomic E-state index is -0.252. The number of H-pyrrole nitrogens is 1. The molecule has 2 rings (SSSR count). The summed E-state index contributed by atoms with van der Waals surface area (Å²) in [7, 11) is 0. The minimum Gasteiger partial charge on any atom is -0.357 e. The highest BCUT2D eigenvalue weighted by Crippen LogP contribution is 2.20. The smallest absolute Gasteiger partial charge is 0.125 e. The maximum atomic E-state index is 12.9. The maximum absolute atomic E-state index is 12.9. The maximum Gasteiger partial charge on any atom is 0.125 e. The van der Waals surface area contributed by atoms with Gasteiger partial charge in [0.2, 0.25) is 0 Å². The third-order valence-corrected chi connectivity index (χ3v) is 2.22. The van der Waals surface area contributed by atoms with E-state index in [-0.39, 0.29) is 11.9 Å². The molecule has 1 aromatic carbocycles. The molecule has 0 bridgehead atoms. The van der Waals surface area contributed by atoms with Crippen molar-refractivity contribution in [1.82, 2.24) is 4.98 Å². The average Bonchev–Trinajstić information content (AvgIpc) is 2.59. The van der Waals surface area contributed by atoms with Crippen LogP contribution in [0.5, 0.6) is 0 Å². The van der Waals surface area contributed by atoms with Crippen molar-refractivity contribution in [3.63, 3.8) is 0 Å². The first kappa shape index (κ1) is 8.97. The highest BCUT2D eigenvalue weighted by molar-refractivity contribution is 5.80. The Morgan fingerprint density at radius 2 is 2.21 bits per heavy atom. The number of hydrogen-bond donors (Lipinski definition) is 2. The van der Waals surface area contributed by atoms with Gasteiger partial charge in [0.1, 0.15) is 5.82 Å². The first-order valence-corrected chi connectivity index (χ1v) is 4.37. The molecule has 2 nitrogen and oxygen atoms in total. The van der Waals surface area contributed by atoms with Gasteiger partial charge in [-0.25, -0.2) is 4.39 Å². The molecule has 0 radical (unpaired) electrons. The zero-order valence-electron chi connectivity index (χ0n) is 7.63. The molecule has 72 valence electrons. The summed E-state index contributed by atoms with van der Waals surface area (Å²) in [6, 6.07) is 6.28. The van der Waals surface area contributed by atoms with Gasteiger partial charge in [0, 0.05) is 11.2 Å². The molecule has 0 amide bonds. The predicted octanol–water partition coefficient (Wildman–Crippen LogP) is 2.49. The van der Waals surface area contributed by atoms with Crippen molar-refractivity contribution < 1.29 is 4.39 Å². The van der Waals surface area contributed by atoms with Crippen molar-refractivity contribution in [1.29, 1.82) is 0 Å².